The van der Waals surface area contributed by atoms with Crippen LogP contribution in [0.1, 0.15) is 30.5 Å². The molecule has 2 aliphatic rings. The fourth-order valence-electron chi connectivity index (χ4n) is 3.65. The average Bonchev–Trinajstić information content (AvgIpc) is 3.22. The third kappa shape index (κ3) is 3.77. The van der Waals surface area contributed by atoms with Crippen molar-refractivity contribution in [3.8, 4) is 11.5 Å². The van der Waals surface area contributed by atoms with Gasteiger partial charge in [0.1, 0.15) is 19.3 Å². The van der Waals surface area contributed by atoms with E-state index in [-0.39, 0.29) is 18.0 Å². The zero-order valence-electron chi connectivity index (χ0n) is 15.5. The number of para-hydroxylation sites is 1. The molecular formula is C21H25N3O3. The van der Waals surface area contributed by atoms with Crippen molar-refractivity contribution < 1.29 is 14.3 Å². The molecule has 6 heteroatoms. The van der Waals surface area contributed by atoms with Gasteiger partial charge in [-0.25, -0.2) is 10.9 Å². The standard InChI is InChI=1S/C21H25N3O3/c1-2-24(14-16-9-6-10-19-20(16)27-12-11-26-19)21(25)18-13-17(22-23-18)15-7-4-3-5-8-15/h3-10,17-18,22-23H,2,11-14H2,1H3. The second kappa shape index (κ2) is 7.98. The first kappa shape index (κ1) is 17.8. The lowest BCUT2D eigenvalue weighted by atomic mass is 10.0. The molecule has 2 aliphatic heterocycles. The maximum atomic E-state index is 13.1. The summed E-state index contributed by atoms with van der Waals surface area (Å²) in [6.45, 7) is 4.25. The summed E-state index contributed by atoms with van der Waals surface area (Å²) in [6.07, 6.45) is 0.728. The molecule has 0 bridgehead atoms. The Kier molecular flexibility index (Phi) is 5.27. The molecule has 1 amide bonds. The number of hydrogen-bond donors (Lipinski definition) is 2. The molecule has 0 saturated carbocycles. The van der Waals surface area contributed by atoms with E-state index in [2.05, 4.69) is 23.0 Å². The maximum absolute atomic E-state index is 13.1. The minimum absolute atomic E-state index is 0.0951. The quantitative estimate of drug-likeness (QED) is 0.850. The molecule has 0 aliphatic carbocycles. The minimum Gasteiger partial charge on any atom is -0.486 e. The summed E-state index contributed by atoms with van der Waals surface area (Å²) >= 11 is 0. The van der Waals surface area contributed by atoms with Crippen LogP contribution in [-0.4, -0.2) is 36.6 Å². The van der Waals surface area contributed by atoms with E-state index in [1.807, 2.05) is 48.2 Å². The van der Waals surface area contributed by atoms with E-state index in [0.717, 1.165) is 23.5 Å². The molecule has 142 valence electrons. The predicted molar refractivity (Wildman–Crippen MR) is 102 cm³/mol. The van der Waals surface area contributed by atoms with Crippen molar-refractivity contribution in [1.82, 2.24) is 15.8 Å². The Bertz CT molecular complexity index is 797. The Labute approximate surface area is 159 Å². The van der Waals surface area contributed by atoms with Gasteiger partial charge in [-0.3, -0.25) is 4.79 Å². The number of hydrogen-bond acceptors (Lipinski definition) is 5. The third-order valence-corrected chi connectivity index (χ3v) is 5.11. The number of hydrazine groups is 1. The van der Waals surface area contributed by atoms with Gasteiger partial charge in [-0.15, -0.1) is 0 Å². The van der Waals surface area contributed by atoms with Gasteiger partial charge in [0.25, 0.3) is 0 Å². The molecule has 6 nitrogen and oxygen atoms in total. The highest BCUT2D eigenvalue weighted by molar-refractivity contribution is 5.82. The Morgan fingerprint density at radius 2 is 1.89 bits per heavy atom. The van der Waals surface area contributed by atoms with E-state index in [4.69, 9.17) is 9.47 Å². The van der Waals surface area contributed by atoms with Crippen molar-refractivity contribution in [2.75, 3.05) is 19.8 Å². The average molecular weight is 367 g/mol. The number of benzene rings is 2. The Morgan fingerprint density at radius 1 is 1.07 bits per heavy atom. The van der Waals surface area contributed by atoms with Crippen LogP contribution in [-0.2, 0) is 11.3 Å². The van der Waals surface area contributed by atoms with E-state index in [9.17, 15) is 4.79 Å². The van der Waals surface area contributed by atoms with Gasteiger partial charge in [0.05, 0.1) is 0 Å². The molecule has 2 aromatic carbocycles. The van der Waals surface area contributed by atoms with Crippen molar-refractivity contribution in [3.63, 3.8) is 0 Å². The molecular weight excluding hydrogens is 342 g/mol. The first-order valence-electron chi connectivity index (χ1n) is 9.48. The number of nitrogens with zero attached hydrogens (tertiary/aromatic N) is 1. The molecule has 4 rings (SSSR count). The van der Waals surface area contributed by atoms with E-state index in [0.29, 0.717) is 26.3 Å². The van der Waals surface area contributed by atoms with Gasteiger partial charge in [-0.05, 0) is 25.0 Å². The van der Waals surface area contributed by atoms with Gasteiger partial charge in [0.15, 0.2) is 11.5 Å². The summed E-state index contributed by atoms with van der Waals surface area (Å²) in [7, 11) is 0. The highest BCUT2D eigenvalue weighted by Gasteiger charge is 2.33. The van der Waals surface area contributed by atoms with Crippen molar-refractivity contribution in [2.24, 2.45) is 0 Å². The molecule has 1 saturated heterocycles. The second-order valence-electron chi connectivity index (χ2n) is 6.83. The fourth-order valence-corrected chi connectivity index (χ4v) is 3.65. The first-order valence-corrected chi connectivity index (χ1v) is 9.48. The number of rotatable bonds is 5. The summed E-state index contributed by atoms with van der Waals surface area (Å²) in [5.41, 5.74) is 8.59. The van der Waals surface area contributed by atoms with Crippen molar-refractivity contribution in [3.05, 3.63) is 59.7 Å². The summed E-state index contributed by atoms with van der Waals surface area (Å²) in [6, 6.07) is 15.9. The lowest BCUT2D eigenvalue weighted by molar-refractivity contribution is -0.133. The third-order valence-electron chi connectivity index (χ3n) is 5.11. The van der Waals surface area contributed by atoms with Crippen LogP contribution in [0.2, 0.25) is 0 Å². The van der Waals surface area contributed by atoms with Crippen molar-refractivity contribution in [1.29, 1.82) is 0 Å². The number of fused-ring (bicyclic) bond motifs is 1. The lowest BCUT2D eigenvalue weighted by Gasteiger charge is -2.27. The molecule has 2 heterocycles. The summed E-state index contributed by atoms with van der Waals surface area (Å²) in [5, 5.41) is 0. The molecule has 2 atom stereocenters. The monoisotopic (exact) mass is 367 g/mol. The summed E-state index contributed by atoms with van der Waals surface area (Å²) in [4.78, 5) is 14.9. The summed E-state index contributed by atoms with van der Waals surface area (Å²) < 4.78 is 11.4. The predicted octanol–water partition coefficient (Wildman–Crippen LogP) is 2.41. The first-order chi connectivity index (χ1) is 13.3. The molecule has 1 fully saturated rings. The molecule has 2 aromatic rings. The van der Waals surface area contributed by atoms with Gasteiger partial charge in [0, 0.05) is 24.7 Å². The number of carbonyl (C=O) groups is 1. The zero-order chi connectivity index (χ0) is 18.6. The zero-order valence-corrected chi connectivity index (χ0v) is 15.5. The Balaban J connectivity index is 1.45. The number of likely N-dealkylation sites (N-methyl/N-ethyl adjacent to an activating group) is 1. The SMILES string of the molecule is CCN(Cc1cccc2c1OCCO2)C(=O)C1CC(c2ccccc2)NN1. The molecule has 27 heavy (non-hydrogen) atoms. The van der Waals surface area contributed by atoms with Crippen molar-refractivity contribution >= 4 is 5.91 Å². The van der Waals surface area contributed by atoms with Crippen LogP contribution in [0, 0.1) is 0 Å². The van der Waals surface area contributed by atoms with E-state index in [1.54, 1.807) is 0 Å². The maximum Gasteiger partial charge on any atom is 0.241 e. The number of nitrogens with one attached hydrogen (secondary N) is 2. The highest BCUT2D eigenvalue weighted by Crippen LogP contribution is 2.34. The fraction of sp³-hybridized carbons (Fsp3) is 0.381. The van der Waals surface area contributed by atoms with Crippen molar-refractivity contribution in [2.45, 2.75) is 32.0 Å². The minimum atomic E-state index is -0.244. The van der Waals surface area contributed by atoms with Crippen LogP contribution in [0.5, 0.6) is 11.5 Å². The van der Waals surface area contributed by atoms with Gasteiger partial charge >= 0.3 is 0 Å². The molecule has 0 radical (unpaired) electrons. The van der Waals surface area contributed by atoms with E-state index in [1.165, 1.54) is 5.56 Å². The van der Waals surface area contributed by atoms with E-state index < -0.39 is 0 Å². The lowest BCUT2D eigenvalue weighted by Crippen LogP contribution is -2.45. The van der Waals surface area contributed by atoms with Gasteiger partial charge < -0.3 is 14.4 Å². The van der Waals surface area contributed by atoms with Crippen LogP contribution >= 0.6 is 0 Å². The highest BCUT2D eigenvalue weighted by atomic mass is 16.6. The van der Waals surface area contributed by atoms with Crippen LogP contribution in [0.15, 0.2) is 48.5 Å². The van der Waals surface area contributed by atoms with Gasteiger partial charge in [-0.1, -0.05) is 42.5 Å². The number of amides is 1. The van der Waals surface area contributed by atoms with Crippen LogP contribution < -0.4 is 20.3 Å². The Hall–Kier alpha value is -2.57. The van der Waals surface area contributed by atoms with E-state index >= 15 is 0 Å². The second-order valence-corrected chi connectivity index (χ2v) is 6.83. The largest absolute Gasteiger partial charge is 0.486 e. The topological polar surface area (TPSA) is 62.8 Å². The number of ether oxygens (including phenoxy) is 2. The van der Waals surface area contributed by atoms with Gasteiger partial charge in [0.2, 0.25) is 5.91 Å². The molecule has 2 unspecified atom stereocenters. The van der Waals surface area contributed by atoms with Crippen LogP contribution in [0.4, 0.5) is 0 Å². The summed E-state index contributed by atoms with van der Waals surface area (Å²) in [5.74, 6) is 1.61. The normalized spacial score (nSPS) is 21.1. The van der Waals surface area contributed by atoms with Gasteiger partial charge in [-0.2, -0.15) is 0 Å². The Morgan fingerprint density at radius 3 is 2.70 bits per heavy atom. The molecule has 2 N–H and O–H groups in total. The van der Waals surface area contributed by atoms with Crippen LogP contribution in [0.3, 0.4) is 0 Å². The smallest absolute Gasteiger partial charge is 0.241 e. The van der Waals surface area contributed by atoms with Crippen LogP contribution in [0.25, 0.3) is 0 Å². The number of carbonyl (C=O) groups excluding carboxylic acids is 1. The molecule has 0 spiro atoms. The molecule has 0 aromatic heterocycles.